The average Bonchev–Trinajstić information content (AvgIpc) is 2.31. The van der Waals surface area contributed by atoms with Crippen molar-refractivity contribution in [3.05, 3.63) is 12.2 Å². The van der Waals surface area contributed by atoms with E-state index >= 15 is 0 Å². The first kappa shape index (κ1) is 14.7. The van der Waals surface area contributed by atoms with Crippen molar-refractivity contribution in [1.29, 1.82) is 0 Å². The zero-order valence-corrected chi connectivity index (χ0v) is 11.8. The van der Waals surface area contributed by atoms with Crippen LogP contribution in [-0.4, -0.2) is 25.8 Å². The van der Waals surface area contributed by atoms with Crippen molar-refractivity contribution in [2.24, 2.45) is 11.8 Å². The number of hydrogen-bond donors (Lipinski definition) is 1. The van der Waals surface area contributed by atoms with Crippen molar-refractivity contribution in [3.63, 3.8) is 0 Å². The lowest BCUT2D eigenvalue weighted by atomic mass is 9.80. The Labute approximate surface area is 107 Å². The van der Waals surface area contributed by atoms with E-state index in [1.165, 1.54) is 31.3 Å². The van der Waals surface area contributed by atoms with E-state index in [0.717, 1.165) is 31.5 Å². The Morgan fingerprint density at radius 3 is 2.71 bits per heavy atom. The van der Waals surface area contributed by atoms with E-state index < -0.39 is 0 Å². The van der Waals surface area contributed by atoms with Crippen LogP contribution in [-0.2, 0) is 4.74 Å². The molecule has 1 aliphatic carbocycles. The van der Waals surface area contributed by atoms with Crippen molar-refractivity contribution in [2.75, 3.05) is 19.7 Å². The minimum atomic E-state index is 0.462. The molecule has 0 spiro atoms. The van der Waals surface area contributed by atoms with Crippen molar-refractivity contribution in [1.82, 2.24) is 5.32 Å². The summed E-state index contributed by atoms with van der Waals surface area (Å²) >= 11 is 0. The van der Waals surface area contributed by atoms with Gasteiger partial charge in [0.2, 0.25) is 0 Å². The van der Waals surface area contributed by atoms with Gasteiger partial charge in [-0.05, 0) is 49.6 Å². The maximum Gasteiger partial charge on any atom is 0.0690 e. The van der Waals surface area contributed by atoms with Gasteiger partial charge in [0.05, 0.1) is 12.7 Å². The van der Waals surface area contributed by atoms with E-state index in [4.69, 9.17) is 4.74 Å². The Hall–Kier alpha value is -0.340. The van der Waals surface area contributed by atoms with Crippen molar-refractivity contribution >= 4 is 0 Å². The van der Waals surface area contributed by atoms with Crippen LogP contribution >= 0.6 is 0 Å². The Balaban J connectivity index is 2.11. The van der Waals surface area contributed by atoms with E-state index in [-0.39, 0.29) is 0 Å². The van der Waals surface area contributed by atoms with Crippen LogP contribution in [0, 0.1) is 11.8 Å². The van der Waals surface area contributed by atoms with E-state index in [1.54, 1.807) is 0 Å². The third kappa shape index (κ3) is 5.69. The van der Waals surface area contributed by atoms with Gasteiger partial charge in [-0.1, -0.05) is 27.4 Å². The molecule has 1 aliphatic rings. The molecule has 1 rings (SSSR count). The second-order valence-electron chi connectivity index (χ2n) is 5.63. The molecule has 1 fully saturated rings. The summed E-state index contributed by atoms with van der Waals surface area (Å²) in [4.78, 5) is 0. The molecule has 0 aromatic rings. The van der Waals surface area contributed by atoms with E-state index in [1.807, 2.05) is 0 Å². The third-order valence-corrected chi connectivity index (χ3v) is 3.88. The maximum absolute atomic E-state index is 5.95. The van der Waals surface area contributed by atoms with Crippen molar-refractivity contribution in [3.8, 4) is 0 Å². The van der Waals surface area contributed by atoms with Gasteiger partial charge in [0.15, 0.2) is 0 Å². The molecule has 17 heavy (non-hydrogen) atoms. The second-order valence-corrected chi connectivity index (χ2v) is 5.63. The van der Waals surface area contributed by atoms with Gasteiger partial charge >= 0.3 is 0 Å². The molecule has 3 unspecified atom stereocenters. The first-order chi connectivity index (χ1) is 8.13. The fraction of sp³-hybridized carbons (Fsp3) is 0.867. The normalized spacial score (nSPS) is 29.2. The van der Waals surface area contributed by atoms with Gasteiger partial charge in [-0.15, -0.1) is 0 Å². The highest BCUT2D eigenvalue weighted by molar-refractivity contribution is 4.97. The van der Waals surface area contributed by atoms with Gasteiger partial charge in [-0.2, -0.15) is 0 Å². The fourth-order valence-electron chi connectivity index (χ4n) is 2.38. The van der Waals surface area contributed by atoms with Crippen LogP contribution in [0.3, 0.4) is 0 Å². The second kappa shape index (κ2) is 7.88. The number of hydrogen-bond acceptors (Lipinski definition) is 2. The Morgan fingerprint density at radius 2 is 2.06 bits per heavy atom. The molecule has 0 radical (unpaired) electrons. The first-order valence-corrected chi connectivity index (χ1v) is 7.12. The Bertz CT molecular complexity index is 227. The largest absolute Gasteiger partial charge is 0.374 e. The molecule has 1 N–H and O–H groups in total. The van der Waals surface area contributed by atoms with Gasteiger partial charge < -0.3 is 10.1 Å². The summed E-state index contributed by atoms with van der Waals surface area (Å²) in [5.74, 6) is 1.67. The van der Waals surface area contributed by atoms with Gasteiger partial charge in [-0.3, -0.25) is 0 Å². The number of nitrogens with one attached hydrogen (secondary N) is 1. The quantitative estimate of drug-likeness (QED) is 0.543. The van der Waals surface area contributed by atoms with Crippen LogP contribution in [0.4, 0.5) is 0 Å². The molecule has 0 amide bonds. The average molecular weight is 239 g/mol. The van der Waals surface area contributed by atoms with Crippen molar-refractivity contribution in [2.45, 2.75) is 52.6 Å². The minimum Gasteiger partial charge on any atom is -0.374 e. The van der Waals surface area contributed by atoms with E-state index in [9.17, 15) is 0 Å². The summed E-state index contributed by atoms with van der Waals surface area (Å²) in [5.41, 5.74) is 1.17. The molecular formula is C15H29NO. The summed E-state index contributed by atoms with van der Waals surface area (Å²) in [5, 5.41) is 3.36. The van der Waals surface area contributed by atoms with Crippen LogP contribution in [0.25, 0.3) is 0 Å². The van der Waals surface area contributed by atoms with Crippen LogP contribution in [0.5, 0.6) is 0 Å². The smallest absolute Gasteiger partial charge is 0.0690 e. The van der Waals surface area contributed by atoms with E-state index in [2.05, 4.69) is 32.7 Å². The molecule has 0 aromatic heterocycles. The summed E-state index contributed by atoms with van der Waals surface area (Å²) in [6.07, 6.45) is 5.39. The maximum atomic E-state index is 5.95. The topological polar surface area (TPSA) is 21.3 Å². The molecule has 0 aromatic carbocycles. The zero-order chi connectivity index (χ0) is 12.7. The van der Waals surface area contributed by atoms with Crippen molar-refractivity contribution < 1.29 is 4.74 Å². The number of rotatable bonds is 7. The third-order valence-electron chi connectivity index (χ3n) is 3.88. The molecule has 3 atom stereocenters. The molecule has 0 aliphatic heterocycles. The Kier molecular flexibility index (Phi) is 6.83. The minimum absolute atomic E-state index is 0.462. The molecule has 0 saturated heterocycles. The summed E-state index contributed by atoms with van der Waals surface area (Å²) in [6, 6.07) is 0. The van der Waals surface area contributed by atoms with Crippen LogP contribution < -0.4 is 5.32 Å². The molecule has 2 nitrogen and oxygen atoms in total. The highest BCUT2D eigenvalue weighted by Crippen LogP contribution is 2.30. The lowest BCUT2D eigenvalue weighted by molar-refractivity contribution is 0.0138. The van der Waals surface area contributed by atoms with Crippen LogP contribution in [0.1, 0.15) is 46.5 Å². The molecule has 100 valence electrons. The first-order valence-electron chi connectivity index (χ1n) is 7.12. The Morgan fingerprint density at radius 1 is 1.29 bits per heavy atom. The summed E-state index contributed by atoms with van der Waals surface area (Å²) in [6.45, 7) is 13.6. The van der Waals surface area contributed by atoms with Gasteiger partial charge in [0.1, 0.15) is 0 Å². The standard InChI is InChI=1S/C15H29NO/c1-5-8-16-10-12(2)11-17-15-7-6-13(3)14(4)9-15/h13-16H,2,5-11H2,1,3-4H3. The summed E-state index contributed by atoms with van der Waals surface area (Å²) < 4.78 is 5.95. The lowest BCUT2D eigenvalue weighted by Crippen LogP contribution is -2.28. The van der Waals surface area contributed by atoms with Crippen LogP contribution in [0.2, 0.25) is 0 Å². The molecule has 1 saturated carbocycles. The SMILES string of the molecule is C=C(CNCCC)COC1CCC(C)C(C)C1. The predicted molar refractivity (Wildman–Crippen MR) is 74.2 cm³/mol. The molecule has 2 heteroatoms. The van der Waals surface area contributed by atoms with E-state index in [0.29, 0.717) is 6.10 Å². The highest BCUT2D eigenvalue weighted by Gasteiger charge is 2.24. The van der Waals surface area contributed by atoms with Gasteiger partial charge in [0.25, 0.3) is 0 Å². The van der Waals surface area contributed by atoms with Gasteiger partial charge in [-0.25, -0.2) is 0 Å². The summed E-state index contributed by atoms with van der Waals surface area (Å²) in [7, 11) is 0. The number of ether oxygens (including phenoxy) is 1. The predicted octanol–water partition coefficient (Wildman–Crippen LogP) is 3.38. The lowest BCUT2D eigenvalue weighted by Gasteiger charge is -2.32. The van der Waals surface area contributed by atoms with Crippen LogP contribution in [0.15, 0.2) is 12.2 Å². The molecule has 0 bridgehead atoms. The fourth-order valence-corrected chi connectivity index (χ4v) is 2.38. The monoisotopic (exact) mass is 239 g/mol. The molecule has 0 heterocycles. The molecular weight excluding hydrogens is 210 g/mol. The van der Waals surface area contributed by atoms with Gasteiger partial charge in [0, 0.05) is 6.54 Å². The zero-order valence-electron chi connectivity index (χ0n) is 11.8. The highest BCUT2D eigenvalue weighted by atomic mass is 16.5.